The molecule has 4 fully saturated rings. The molecule has 4 aliphatic rings. The van der Waals surface area contributed by atoms with Crippen LogP contribution in [-0.2, 0) is 0 Å². The highest BCUT2D eigenvalue weighted by molar-refractivity contribution is 4.92. The van der Waals surface area contributed by atoms with E-state index in [4.69, 9.17) is 0 Å². The van der Waals surface area contributed by atoms with Crippen molar-refractivity contribution in [2.75, 3.05) is 0 Å². The third-order valence-corrected chi connectivity index (χ3v) is 17.5. The van der Waals surface area contributed by atoms with E-state index in [1.807, 2.05) is 0 Å². The van der Waals surface area contributed by atoms with Crippen LogP contribution in [0.3, 0.4) is 0 Å². The van der Waals surface area contributed by atoms with E-state index in [0.717, 1.165) is 23.7 Å². The minimum absolute atomic E-state index is 0.375. The Bertz CT molecular complexity index is 939. The maximum absolute atomic E-state index is 2.42. The van der Waals surface area contributed by atoms with E-state index in [1.165, 1.54) is 116 Å². The highest BCUT2D eigenvalue weighted by Gasteiger charge is 2.42. The molecule has 0 saturated heterocycles. The molecule has 57 heavy (non-hydrogen) atoms. The third-order valence-electron chi connectivity index (χ3n) is 17.5. The minimum atomic E-state index is 0.375. The lowest BCUT2D eigenvalue weighted by molar-refractivity contribution is 0.00575. The van der Waals surface area contributed by atoms with Crippen LogP contribution < -0.4 is 0 Å². The van der Waals surface area contributed by atoms with Crippen LogP contribution in [0.5, 0.6) is 0 Å². The van der Waals surface area contributed by atoms with Crippen LogP contribution in [0.4, 0.5) is 0 Å². The van der Waals surface area contributed by atoms with Gasteiger partial charge in [0.15, 0.2) is 0 Å². The van der Waals surface area contributed by atoms with Gasteiger partial charge in [-0.05, 0) is 111 Å². The molecule has 4 rings (SSSR count). The molecule has 0 unspecified atom stereocenters. The van der Waals surface area contributed by atoms with Crippen LogP contribution >= 0.6 is 0 Å². The van der Waals surface area contributed by atoms with Crippen molar-refractivity contribution in [2.24, 2.45) is 72.4 Å². The lowest BCUT2D eigenvalue weighted by Crippen LogP contribution is -2.41. The minimum Gasteiger partial charge on any atom is -0.0651 e. The van der Waals surface area contributed by atoms with Gasteiger partial charge in [-0.1, -0.05) is 257 Å². The van der Waals surface area contributed by atoms with Crippen LogP contribution in [0.1, 0.15) is 296 Å². The Labute approximate surface area is 366 Å². The average molecular weight is 804 g/mol. The first kappa shape index (κ1) is 59.1. The fourth-order valence-electron chi connectivity index (χ4n) is 9.56. The van der Waals surface area contributed by atoms with Crippen molar-refractivity contribution in [3.8, 4) is 0 Å². The second-order valence-corrected chi connectivity index (χ2v) is 28.1. The van der Waals surface area contributed by atoms with E-state index in [0.29, 0.717) is 48.7 Å². The van der Waals surface area contributed by atoms with Crippen molar-refractivity contribution in [1.29, 1.82) is 0 Å². The molecule has 0 aromatic rings. The predicted octanol–water partition coefficient (Wildman–Crippen LogP) is 20.9. The van der Waals surface area contributed by atoms with Crippen LogP contribution in [0.2, 0.25) is 0 Å². The summed E-state index contributed by atoms with van der Waals surface area (Å²) in [5.74, 6) is 3.71. The summed E-state index contributed by atoms with van der Waals surface area (Å²) in [7, 11) is 0. The van der Waals surface area contributed by atoms with Gasteiger partial charge in [-0.25, -0.2) is 0 Å². The predicted molar refractivity (Wildman–Crippen MR) is 266 cm³/mol. The first-order chi connectivity index (χ1) is 25.3. The molecule has 0 aromatic heterocycles. The first-order valence-corrected chi connectivity index (χ1v) is 25.3. The molecule has 0 radical (unpaired) electrons. The lowest BCUT2D eigenvalue weighted by Gasteiger charge is -2.49. The van der Waals surface area contributed by atoms with Crippen molar-refractivity contribution in [1.82, 2.24) is 0 Å². The SMILES string of the molecule is CC(C(C)(C)C)C(C)(C)C.CC(C)(C)C(C)(C)C(C)(C)C.CC1(C)CCCCC1.CC1C(C)(C)CCCC1(C)C.CC1CCC(C)(C)CC1.CCC1CCCCC1. The summed E-state index contributed by atoms with van der Waals surface area (Å²) >= 11 is 0. The maximum atomic E-state index is 2.42. The highest BCUT2D eigenvalue weighted by Crippen LogP contribution is 2.51. The van der Waals surface area contributed by atoms with E-state index in [2.05, 4.69) is 180 Å². The quantitative estimate of drug-likeness (QED) is 0.248. The Morgan fingerprint density at radius 2 is 0.772 bits per heavy atom. The smallest absolute Gasteiger partial charge is 0.0257 e. The van der Waals surface area contributed by atoms with E-state index in [-0.39, 0.29) is 0 Å². The van der Waals surface area contributed by atoms with Gasteiger partial charge >= 0.3 is 0 Å². The van der Waals surface area contributed by atoms with Gasteiger partial charge in [-0.2, -0.15) is 0 Å². The summed E-state index contributed by atoms with van der Waals surface area (Å²) in [6, 6.07) is 0. The molecule has 0 nitrogen and oxygen atoms in total. The van der Waals surface area contributed by atoms with Crippen LogP contribution in [0.25, 0.3) is 0 Å². The Hall–Kier alpha value is 0. The Balaban J connectivity index is 0. The van der Waals surface area contributed by atoms with Crippen molar-refractivity contribution in [3.63, 3.8) is 0 Å². The highest BCUT2D eigenvalue weighted by atomic mass is 14.5. The second kappa shape index (κ2) is 24.0. The van der Waals surface area contributed by atoms with Gasteiger partial charge < -0.3 is 0 Å². The molecule has 346 valence electrons. The summed E-state index contributed by atoms with van der Waals surface area (Å²) in [6.45, 7) is 61.1. The van der Waals surface area contributed by atoms with E-state index in [9.17, 15) is 0 Å². The molecule has 0 heteroatoms. The van der Waals surface area contributed by atoms with Gasteiger partial charge in [0, 0.05) is 0 Å². The zero-order valence-electron chi connectivity index (χ0n) is 45.5. The summed E-state index contributed by atoms with van der Waals surface area (Å²) in [5.41, 5.74) is 4.50. The third kappa shape index (κ3) is 24.3. The summed E-state index contributed by atoms with van der Waals surface area (Å²) < 4.78 is 0. The van der Waals surface area contributed by atoms with Crippen LogP contribution in [0.15, 0.2) is 0 Å². The van der Waals surface area contributed by atoms with Gasteiger partial charge in [0.1, 0.15) is 0 Å². The van der Waals surface area contributed by atoms with Crippen LogP contribution in [-0.4, -0.2) is 0 Å². The zero-order chi connectivity index (χ0) is 45.5. The Morgan fingerprint density at radius 3 is 0.965 bits per heavy atom. The number of rotatable bonds is 1. The molecular weight excluding hydrogens is 685 g/mol. The molecule has 0 bridgehead atoms. The monoisotopic (exact) mass is 803 g/mol. The molecule has 0 aromatic carbocycles. The molecule has 0 aliphatic heterocycles. The van der Waals surface area contributed by atoms with Gasteiger partial charge in [-0.3, -0.25) is 0 Å². The molecule has 0 heterocycles. The summed E-state index contributed by atoms with van der Waals surface area (Å²) in [4.78, 5) is 0. The van der Waals surface area contributed by atoms with Gasteiger partial charge in [-0.15, -0.1) is 0 Å². The van der Waals surface area contributed by atoms with Gasteiger partial charge in [0.05, 0.1) is 0 Å². The maximum Gasteiger partial charge on any atom is -0.0257 e. The van der Waals surface area contributed by atoms with Crippen molar-refractivity contribution >= 4 is 0 Å². The average Bonchev–Trinajstić information content (AvgIpc) is 3.04. The van der Waals surface area contributed by atoms with E-state index >= 15 is 0 Å². The van der Waals surface area contributed by atoms with Crippen molar-refractivity contribution in [3.05, 3.63) is 0 Å². The molecule has 0 spiro atoms. The van der Waals surface area contributed by atoms with Crippen molar-refractivity contribution in [2.45, 2.75) is 296 Å². The number of hydrogen-bond acceptors (Lipinski definition) is 0. The fourth-order valence-corrected chi connectivity index (χ4v) is 9.56. The molecule has 0 atom stereocenters. The summed E-state index contributed by atoms with van der Waals surface area (Å²) in [5, 5.41) is 0. The molecule has 4 saturated carbocycles. The Kier molecular flexibility index (Phi) is 24.9. The Morgan fingerprint density at radius 1 is 0.439 bits per heavy atom. The fraction of sp³-hybridized carbons (Fsp3) is 1.00. The lowest BCUT2D eigenvalue weighted by atomic mass is 9.56. The van der Waals surface area contributed by atoms with E-state index < -0.39 is 0 Å². The molecule has 4 aliphatic carbocycles. The molecular formula is C57H118. The topological polar surface area (TPSA) is 0 Å². The number of hydrogen-bond donors (Lipinski definition) is 0. The first-order valence-electron chi connectivity index (χ1n) is 25.3. The van der Waals surface area contributed by atoms with Crippen molar-refractivity contribution < 1.29 is 0 Å². The molecule has 0 N–H and O–H groups in total. The molecule has 0 amide bonds. The zero-order valence-corrected chi connectivity index (χ0v) is 45.5. The van der Waals surface area contributed by atoms with Gasteiger partial charge in [0.2, 0.25) is 0 Å². The standard InChI is InChI=1S/C11H22.C11H24.C10H22.C9H18.2C8H16/c1-9-10(2,3)7-6-8-11(9,4)5;1-9(2,3)11(7,8)10(4,5)6;1-8(9(2,3)4)10(5,6)7;1-8-4-6-9(2,3)7-5-8;1-8(2)6-4-3-5-7-8;1-2-8-6-4-3-5-7-8/h9H,6-8H2,1-5H3;1-8H3;8H,1-7H3;8H,4-7H2,1-3H3;3-7H2,1-2H3;8H,2-7H2,1H3. The van der Waals surface area contributed by atoms with Gasteiger partial charge in [0.25, 0.3) is 0 Å². The second-order valence-electron chi connectivity index (χ2n) is 28.1. The van der Waals surface area contributed by atoms with E-state index in [1.54, 1.807) is 0 Å². The normalized spacial score (nSPS) is 23.0. The summed E-state index contributed by atoms with van der Waals surface area (Å²) in [6.07, 6.45) is 26.3. The van der Waals surface area contributed by atoms with Crippen LogP contribution in [0, 0.1) is 72.4 Å². The largest absolute Gasteiger partial charge is 0.0651 e.